The van der Waals surface area contributed by atoms with E-state index in [1.54, 1.807) is 0 Å². The van der Waals surface area contributed by atoms with Crippen LogP contribution in [-0.4, -0.2) is 21.8 Å². The van der Waals surface area contributed by atoms with Crippen LogP contribution < -0.4 is 9.79 Å². The second-order valence-electron chi connectivity index (χ2n) is 1.00. The fraction of sp³-hybridized carbons (Fsp3) is 0.333. The van der Waals surface area contributed by atoms with Crippen molar-refractivity contribution in [2.75, 3.05) is 6.61 Å². The van der Waals surface area contributed by atoms with Gasteiger partial charge < -0.3 is 14.9 Å². The molecule has 0 amide bonds. The Kier molecular flexibility index (Phi) is 20.2. The smallest absolute Gasteiger partial charge is 0.563 e. The van der Waals surface area contributed by atoms with Crippen molar-refractivity contribution in [1.82, 2.24) is 0 Å². The average Bonchev–Trinajstić information content (AvgIpc) is 1.85. The van der Waals surface area contributed by atoms with Crippen molar-refractivity contribution < 1.29 is 28.3 Å². The van der Waals surface area contributed by atoms with E-state index in [4.69, 9.17) is 5.11 Å². The third kappa shape index (κ3) is 32.5. The van der Waals surface area contributed by atoms with E-state index < -0.39 is 16.5 Å². The fourth-order valence-electron chi connectivity index (χ4n) is 0.0544. The predicted octanol–water partition coefficient (Wildman–Crippen LogP) is -1.18. The summed E-state index contributed by atoms with van der Waals surface area (Å²) >= 11 is 0. The zero-order valence-electron chi connectivity index (χ0n) is 6.08. The van der Waals surface area contributed by atoms with E-state index in [0.29, 0.717) is 0 Å². The molecule has 0 aromatic carbocycles. The van der Waals surface area contributed by atoms with Crippen LogP contribution >= 0.6 is 16.5 Å². The SMILES string of the molecule is C=CCO.O=[P+]([O-])O[P+](=O)[O-].[Be+2]. The second-order valence-corrected chi connectivity index (χ2v) is 2.55. The van der Waals surface area contributed by atoms with Gasteiger partial charge in [0.15, 0.2) is 0 Å². The van der Waals surface area contributed by atoms with Gasteiger partial charge in [-0.25, -0.2) is 0 Å². The maximum absolute atomic E-state index is 9.24. The topological polar surface area (TPSA) is 110 Å². The molecule has 0 spiro atoms. The molecule has 0 aliphatic rings. The van der Waals surface area contributed by atoms with Crippen LogP contribution in [0.5, 0.6) is 0 Å². The summed E-state index contributed by atoms with van der Waals surface area (Å²) in [7, 11) is -6.47. The molecular weight excluding hydrogens is 203 g/mol. The van der Waals surface area contributed by atoms with Crippen LogP contribution in [0.2, 0.25) is 0 Å². The number of hydrogen-bond acceptors (Lipinski definition) is 6. The van der Waals surface area contributed by atoms with Crippen LogP contribution in [0.4, 0.5) is 0 Å². The Balaban J connectivity index is -0.000000142. The Morgan fingerprint density at radius 2 is 1.67 bits per heavy atom. The van der Waals surface area contributed by atoms with Gasteiger partial charge in [-0.3, -0.25) is 0 Å². The molecular formula is C3H6BeO6P2+2. The van der Waals surface area contributed by atoms with Crippen LogP contribution in [-0.2, 0) is 13.4 Å². The summed E-state index contributed by atoms with van der Waals surface area (Å²) in [5.74, 6) is 0. The minimum atomic E-state index is -3.24. The van der Waals surface area contributed by atoms with Gasteiger partial charge in [0.1, 0.15) is 4.31 Å². The van der Waals surface area contributed by atoms with Crippen molar-refractivity contribution in [3.05, 3.63) is 12.7 Å². The molecule has 6 nitrogen and oxygen atoms in total. The second kappa shape index (κ2) is 13.5. The molecule has 0 saturated carbocycles. The first-order valence-corrected chi connectivity index (χ1v) is 4.42. The molecule has 9 heteroatoms. The summed E-state index contributed by atoms with van der Waals surface area (Å²) in [6.07, 6.45) is 1.43. The van der Waals surface area contributed by atoms with Gasteiger partial charge in [0.2, 0.25) is 0 Å². The molecule has 64 valence electrons. The van der Waals surface area contributed by atoms with E-state index in [-0.39, 0.29) is 16.7 Å². The van der Waals surface area contributed by atoms with Gasteiger partial charge in [-0.05, 0) is 9.13 Å². The molecule has 0 rings (SSSR count). The molecule has 2 atom stereocenters. The van der Waals surface area contributed by atoms with Crippen LogP contribution in [0.25, 0.3) is 0 Å². The van der Waals surface area contributed by atoms with E-state index in [9.17, 15) is 18.9 Å². The van der Waals surface area contributed by atoms with Gasteiger partial charge in [-0.2, -0.15) is 0 Å². The first-order valence-electron chi connectivity index (χ1n) is 2.23. The van der Waals surface area contributed by atoms with Crippen molar-refractivity contribution >= 4 is 26.6 Å². The Bertz CT molecular complexity index is 138. The summed E-state index contributed by atoms with van der Waals surface area (Å²) in [5.41, 5.74) is 0. The van der Waals surface area contributed by atoms with E-state index in [1.165, 1.54) is 6.08 Å². The van der Waals surface area contributed by atoms with Crippen molar-refractivity contribution in [2.45, 2.75) is 0 Å². The van der Waals surface area contributed by atoms with Crippen molar-refractivity contribution in [1.29, 1.82) is 0 Å². The zero-order valence-corrected chi connectivity index (χ0v) is 7.87. The average molecular weight is 209 g/mol. The summed E-state index contributed by atoms with van der Waals surface area (Å²) in [4.78, 5) is 18.5. The van der Waals surface area contributed by atoms with Gasteiger partial charge >= 0.3 is 26.6 Å². The summed E-state index contributed by atoms with van der Waals surface area (Å²) in [6.45, 7) is 3.31. The third-order valence-corrected chi connectivity index (χ3v) is 1.33. The number of aliphatic hydroxyl groups excluding tert-OH is 1. The Labute approximate surface area is 75.0 Å². The van der Waals surface area contributed by atoms with Crippen LogP contribution in [0.1, 0.15) is 0 Å². The number of aliphatic hydroxyl groups is 1. The molecule has 1 N–H and O–H groups in total. The fourth-order valence-corrected chi connectivity index (χ4v) is 0.490. The Hall–Kier alpha value is -0.0512. The first kappa shape index (κ1) is 17.9. The van der Waals surface area contributed by atoms with Crippen molar-refractivity contribution in [3.8, 4) is 0 Å². The monoisotopic (exact) mass is 209 g/mol. The van der Waals surface area contributed by atoms with E-state index in [0.717, 1.165) is 0 Å². The molecule has 0 bridgehead atoms. The number of hydrogen-bond donors (Lipinski definition) is 1. The summed E-state index contributed by atoms with van der Waals surface area (Å²) in [5, 5.41) is 7.76. The summed E-state index contributed by atoms with van der Waals surface area (Å²) < 4.78 is 21.6. The normalized spacial score (nSPS) is 9.92. The molecule has 12 heavy (non-hydrogen) atoms. The zero-order chi connectivity index (χ0) is 9.28. The third-order valence-electron chi connectivity index (χ3n) is 0.262. The maximum Gasteiger partial charge on any atom is 2.00 e. The van der Waals surface area contributed by atoms with Gasteiger partial charge in [-0.15, -0.1) is 6.58 Å². The van der Waals surface area contributed by atoms with Gasteiger partial charge in [0.25, 0.3) is 0 Å². The van der Waals surface area contributed by atoms with Gasteiger partial charge in [0.05, 0.1) is 6.61 Å². The largest absolute Gasteiger partial charge is 2.00 e. The molecule has 0 aromatic heterocycles. The summed E-state index contributed by atoms with van der Waals surface area (Å²) in [6, 6.07) is 0. The first-order chi connectivity index (χ1) is 5.04. The molecule has 0 aliphatic heterocycles. The van der Waals surface area contributed by atoms with Gasteiger partial charge in [0, 0.05) is 0 Å². The quantitative estimate of drug-likeness (QED) is 0.356. The minimum Gasteiger partial charge on any atom is -0.563 e. The van der Waals surface area contributed by atoms with E-state index in [1.807, 2.05) is 0 Å². The Morgan fingerprint density at radius 1 is 1.42 bits per heavy atom. The molecule has 0 saturated heterocycles. The van der Waals surface area contributed by atoms with E-state index >= 15 is 0 Å². The predicted molar refractivity (Wildman–Crippen MR) is 39.3 cm³/mol. The standard InChI is InChI=1S/C3H6O.Be.O5P2/c1-2-3-4;;1-6(2)5-7(3)4/h2,4H,1,3H2;;/q;+2;. The molecule has 0 aliphatic carbocycles. The molecule has 0 heterocycles. The van der Waals surface area contributed by atoms with Gasteiger partial charge in [-0.1, -0.05) is 6.08 Å². The minimum absolute atomic E-state index is 0. The molecule has 2 unspecified atom stereocenters. The maximum atomic E-state index is 9.24. The van der Waals surface area contributed by atoms with Crippen LogP contribution in [0, 0.1) is 0 Å². The molecule has 0 fully saturated rings. The van der Waals surface area contributed by atoms with Crippen LogP contribution in [0.3, 0.4) is 0 Å². The molecule has 0 aromatic rings. The number of rotatable bonds is 3. The molecule has 0 radical (unpaired) electrons. The van der Waals surface area contributed by atoms with E-state index in [2.05, 4.69) is 10.9 Å². The van der Waals surface area contributed by atoms with Crippen molar-refractivity contribution in [3.63, 3.8) is 0 Å². The Morgan fingerprint density at radius 3 is 1.67 bits per heavy atom. The van der Waals surface area contributed by atoms with Crippen molar-refractivity contribution in [2.24, 2.45) is 0 Å². The van der Waals surface area contributed by atoms with Crippen LogP contribution in [0.15, 0.2) is 12.7 Å².